The lowest BCUT2D eigenvalue weighted by atomic mass is 9.84. The molecule has 27 heavy (non-hydrogen) atoms. The van der Waals surface area contributed by atoms with E-state index in [4.69, 9.17) is 0 Å². The van der Waals surface area contributed by atoms with Crippen LogP contribution in [0.2, 0.25) is 0 Å². The third kappa shape index (κ3) is 6.74. The lowest BCUT2D eigenvalue weighted by Gasteiger charge is -2.29. The number of anilines is 1. The van der Waals surface area contributed by atoms with Crippen molar-refractivity contribution in [3.05, 3.63) is 29.8 Å². The molecule has 1 aliphatic heterocycles. The monoisotopic (exact) mass is 403 g/mol. The van der Waals surface area contributed by atoms with E-state index in [-0.39, 0.29) is 30.8 Å². The van der Waals surface area contributed by atoms with Crippen molar-refractivity contribution in [3.63, 3.8) is 0 Å². The van der Waals surface area contributed by atoms with Crippen LogP contribution >= 0.6 is 12.4 Å². The molecule has 2 amide bonds. The van der Waals surface area contributed by atoms with Gasteiger partial charge in [-0.2, -0.15) is 0 Å². The van der Waals surface area contributed by atoms with Gasteiger partial charge in [0.25, 0.3) is 0 Å². The minimum Gasteiger partial charge on any atom is -0.334 e. The van der Waals surface area contributed by atoms with Gasteiger partial charge < -0.3 is 15.5 Å². The lowest BCUT2D eigenvalue weighted by Crippen LogP contribution is -2.40. The number of amides is 2. The number of rotatable bonds is 7. The molecule has 0 bridgehead atoms. The van der Waals surface area contributed by atoms with Gasteiger partial charge in [-0.1, -0.05) is 13.0 Å². The summed E-state index contributed by atoms with van der Waals surface area (Å²) in [6.07, 6.45) is 2.47. The van der Waals surface area contributed by atoms with Gasteiger partial charge in [0.15, 0.2) is 0 Å². The largest absolute Gasteiger partial charge is 0.334 e. The Morgan fingerprint density at radius 2 is 1.85 bits per heavy atom. The Morgan fingerprint density at radius 3 is 2.41 bits per heavy atom. The SMILES string of the molecule is CCN(CC(=O)Nc1c(F)cccc1F)C(=O)CC(C)C1CCNCC1.Cl. The summed E-state index contributed by atoms with van der Waals surface area (Å²) in [5, 5.41) is 5.53. The Morgan fingerprint density at radius 1 is 1.26 bits per heavy atom. The Hall–Kier alpha value is -1.73. The van der Waals surface area contributed by atoms with Crippen molar-refractivity contribution in [2.45, 2.75) is 33.1 Å². The highest BCUT2D eigenvalue weighted by atomic mass is 35.5. The summed E-state index contributed by atoms with van der Waals surface area (Å²) >= 11 is 0. The molecule has 0 spiro atoms. The lowest BCUT2D eigenvalue weighted by molar-refractivity contribution is -0.135. The molecule has 1 saturated heterocycles. The average Bonchev–Trinajstić information content (AvgIpc) is 2.63. The standard InChI is InChI=1S/C19H27F2N3O2.ClH/c1-3-24(18(26)11-13(2)14-7-9-22-10-8-14)12-17(25)23-19-15(20)5-4-6-16(19)21;/h4-6,13-14,22H,3,7-12H2,1-2H3,(H,23,25);1H. The molecule has 1 aliphatic rings. The highest BCUT2D eigenvalue weighted by Crippen LogP contribution is 2.25. The first kappa shape index (κ1) is 23.3. The number of benzene rings is 1. The number of halogens is 3. The fourth-order valence-electron chi connectivity index (χ4n) is 3.33. The zero-order valence-corrected chi connectivity index (χ0v) is 16.6. The van der Waals surface area contributed by atoms with Crippen molar-refractivity contribution >= 4 is 29.9 Å². The van der Waals surface area contributed by atoms with Gasteiger partial charge >= 0.3 is 0 Å². The van der Waals surface area contributed by atoms with Gasteiger partial charge in [0, 0.05) is 13.0 Å². The van der Waals surface area contributed by atoms with Crippen molar-refractivity contribution in [1.82, 2.24) is 10.2 Å². The second kappa shape index (κ2) is 11.2. The maximum absolute atomic E-state index is 13.6. The molecule has 2 rings (SSSR count). The van der Waals surface area contributed by atoms with Gasteiger partial charge in [0.05, 0.1) is 6.54 Å². The van der Waals surface area contributed by atoms with Gasteiger partial charge in [-0.05, 0) is 56.8 Å². The van der Waals surface area contributed by atoms with Crippen LogP contribution in [-0.2, 0) is 9.59 Å². The van der Waals surface area contributed by atoms with Crippen LogP contribution in [-0.4, -0.2) is 42.9 Å². The van der Waals surface area contributed by atoms with Gasteiger partial charge in [-0.3, -0.25) is 9.59 Å². The van der Waals surface area contributed by atoms with Gasteiger partial charge in [-0.25, -0.2) is 8.78 Å². The maximum atomic E-state index is 13.6. The van der Waals surface area contributed by atoms with Crippen LogP contribution < -0.4 is 10.6 Å². The molecule has 1 atom stereocenters. The van der Waals surface area contributed by atoms with Crippen molar-refractivity contribution in [2.75, 3.05) is 31.5 Å². The van der Waals surface area contributed by atoms with Crippen molar-refractivity contribution in [2.24, 2.45) is 11.8 Å². The van der Waals surface area contributed by atoms with E-state index in [1.807, 2.05) is 0 Å². The van der Waals surface area contributed by atoms with Crippen LogP contribution in [0.1, 0.15) is 33.1 Å². The predicted octanol–water partition coefficient (Wildman–Crippen LogP) is 3.20. The van der Waals surface area contributed by atoms with Crippen LogP contribution in [0.15, 0.2) is 18.2 Å². The fourth-order valence-corrected chi connectivity index (χ4v) is 3.33. The number of nitrogens with one attached hydrogen (secondary N) is 2. The minimum atomic E-state index is -0.841. The molecule has 1 heterocycles. The summed E-state index contributed by atoms with van der Waals surface area (Å²) in [5.74, 6) is -1.66. The summed E-state index contributed by atoms with van der Waals surface area (Å²) < 4.78 is 27.3. The number of carbonyl (C=O) groups excluding carboxylic acids is 2. The molecule has 0 saturated carbocycles. The smallest absolute Gasteiger partial charge is 0.244 e. The third-order valence-electron chi connectivity index (χ3n) is 4.98. The van der Waals surface area contributed by atoms with Gasteiger partial charge in [-0.15, -0.1) is 12.4 Å². The van der Waals surface area contributed by atoms with E-state index in [2.05, 4.69) is 17.6 Å². The maximum Gasteiger partial charge on any atom is 0.244 e. The Bertz CT molecular complexity index is 619. The molecule has 1 unspecified atom stereocenters. The first-order valence-corrected chi connectivity index (χ1v) is 9.14. The van der Waals surface area contributed by atoms with Gasteiger partial charge in [0.2, 0.25) is 11.8 Å². The number of piperidine rings is 1. The minimum absolute atomic E-state index is 0. The van der Waals surface area contributed by atoms with Crippen molar-refractivity contribution in [3.8, 4) is 0 Å². The Balaban J connectivity index is 0.00000364. The van der Waals surface area contributed by atoms with Crippen LogP contribution in [0, 0.1) is 23.5 Å². The second-order valence-electron chi connectivity index (χ2n) is 6.82. The molecule has 1 aromatic carbocycles. The van der Waals surface area contributed by atoms with E-state index in [0.29, 0.717) is 18.9 Å². The summed E-state index contributed by atoms with van der Waals surface area (Å²) in [6, 6.07) is 3.37. The van der Waals surface area contributed by atoms with Crippen molar-refractivity contribution in [1.29, 1.82) is 0 Å². The quantitative estimate of drug-likeness (QED) is 0.735. The van der Waals surface area contributed by atoms with E-state index in [1.165, 1.54) is 11.0 Å². The first-order valence-electron chi connectivity index (χ1n) is 9.14. The zero-order valence-electron chi connectivity index (χ0n) is 15.8. The molecule has 0 radical (unpaired) electrons. The van der Waals surface area contributed by atoms with Crippen LogP contribution in [0.25, 0.3) is 0 Å². The number of carbonyl (C=O) groups is 2. The molecule has 152 valence electrons. The van der Waals surface area contributed by atoms with E-state index in [1.54, 1.807) is 6.92 Å². The molecule has 1 aromatic rings. The van der Waals surface area contributed by atoms with E-state index < -0.39 is 23.2 Å². The average molecular weight is 404 g/mol. The zero-order chi connectivity index (χ0) is 19.1. The van der Waals surface area contributed by atoms with Gasteiger partial charge in [0.1, 0.15) is 17.3 Å². The highest BCUT2D eigenvalue weighted by molar-refractivity contribution is 5.94. The topological polar surface area (TPSA) is 61.4 Å². The number of likely N-dealkylation sites (N-methyl/N-ethyl adjacent to an activating group) is 1. The Labute approximate surface area is 165 Å². The van der Waals surface area contributed by atoms with Crippen LogP contribution in [0.3, 0.4) is 0 Å². The second-order valence-corrected chi connectivity index (χ2v) is 6.82. The Kier molecular flexibility index (Phi) is 9.66. The summed E-state index contributed by atoms with van der Waals surface area (Å²) in [6.45, 7) is 5.93. The van der Waals surface area contributed by atoms with Crippen LogP contribution in [0.4, 0.5) is 14.5 Å². The molecular weight excluding hydrogens is 376 g/mol. The summed E-state index contributed by atoms with van der Waals surface area (Å²) in [4.78, 5) is 26.1. The summed E-state index contributed by atoms with van der Waals surface area (Å²) in [5.41, 5.74) is -0.482. The molecule has 0 aromatic heterocycles. The first-order chi connectivity index (χ1) is 12.4. The third-order valence-corrected chi connectivity index (χ3v) is 4.98. The molecule has 5 nitrogen and oxygen atoms in total. The van der Waals surface area contributed by atoms with E-state index in [0.717, 1.165) is 38.1 Å². The normalized spacial score (nSPS) is 15.6. The number of hydrogen-bond donors (Lipinski definition) is 2. The number of hydrogen-bond acceptors (Lipinski definition) is 3. The highest BCUT2D eigenvalue weighted by Gasteiger charge is 2.25. The molecule has 2 N–H and O–H groups in total. The molecule has 8 heteroatoms. The molecule has 0 aliphatic carbocycles. The number of nitrogens with zero attached hydrogens (tertiary/aromatic N) is 1. The summed E-state index contributed by atoms with van der Waals surface area (Å²) in [7, 11) is 0. The van der Waals surface area contributed by atoms with Crippen molar-refractivity contribution < 1.29 is 18.4 Å². The van der Waals surface area contributed by atoms with E-state index in [9.17, 15) is 18.4 Å². The molecular formula is C19H28ClF2N3O2. The predicted molar refractivity (Wildman–Crippen MR) is 104 cm³/mol. The van der Waals surface area contributed by atoms with Crippen LogP contribution in [0.5, 0.6) is 0 Å². The fraction of sp³-hybridized carbons (Fsp3) is 0.579. The molecule has 1 fully saturated rings. The number of para-hydroxylation sites is 1. The van der Waals surface area contributed by atoms with E-state index >= 15 is 0 Å².